The zero-order valence-electron chi connectivity index (χ0n) is 12.7. The third-order valence-corrected chi connectivity index (χ3v) is 4.27. The molecule has 0 atom stereocenters. The number of anilines is 1. The molecule has 0 aliphatic rings. The van der Waals surface area contributed by atoms with Gasteiger partial charge in [-0.1, -0.05) is 0 Å². The van der Waals surface area contributed by atoms with Gasteiger partial charge in [0.2, 0.25) is 5.82 Å². The average Bonchev–Trinajstić information content (AvgIpc) is 2.50. The van der Waals surface area contributed by atoms with E-state index >= 15 is 0 Å². The number of nitrogens with one attached hydrogen (secondary N) is 1. The van der Waals surface area contributed by atoms with Crippen LogP contribution >= 0.6 is 0 Å². The van der Waals surface area contributed by atoms with E-state index in [4.69, 9.17) is 4.74 Å². The molecule has 0 aliphatic carbocycles. The number of hydrogen-bond donors (Lipinski definition) is 2. The van der Waals surface area contributed by atoms with Crippen molar-refractivity contribution in [3.05, 3.63) is 47.3 Å². The van der Waals surface area contributed by atoms with E-state index in [0.29, 0.717) is 0 Å². The molecule has 0 heterocycles. The smallest absolute Gasteiger partial charge is 0.504 e. The Bertz CT molecular complexity index is 894. The van der Waals surface area contributed by atoms with Crippen molar-refractivity contribution < 1.29 is 91.6 Å². The molecule has 25 heavy (non-hydrogen) atoms. The van der Waals surface area contributed by atoms with Crippen molar-refractivity contribution in [1.29, 1.82) is 0 Å². The van der Waals surface area contributed by atoms with Crippen LogP contribution in [0.5, 0.6) is 11.5 Å². The molecule has 0 spiro atoms. The Kier molecular flexibility index (Phi) is 7.24. The third-order valence-electron chi connectivity index (χ3n) is 2.87. The predicted octanol–water partition coefficient (Wildman–Crippen LogP) is -0.0989. The Balaban J connectivity index is 0.00000312. The first kappa shape index (κ1) is 22.1. The van der Waals surface area contributed by atoms with Gasteiger partial charge in [0.1, 0.15) is 0 Å². The number of rotatable bonds is 4. The van der Waals surface area contributed by atoms with Crippen LogP contribution < -0.4 is 60.8 Å². The van der Waals surface area contributed by atoms with E-state index in [1.54, 1.807) is 4.72 Å². The fourth-order valence-electron chi connectivity index (χ4n) is 1.78. The molecular formula is C13H8F5KNO4S+. The first-order chi connectivity index (χ1) is 11.1. The molecule has 0 aliphatic heterocycles. The van der Waals surface area contributed by atoms with Crippen molar-refractivity contribution in [3.8, 4) is 11.5 Å². The number of phenolic OH excluding ortho intramolecular Hbond substituents is 1. The van der Waals surface area contributed by atoms with Gasteiger partial charge in [-0.3, -0.25) is 4.72 Å². The Hall–Kier alpha value is -0.924. The summed E-state index contributed by atoms with van der Waals surface area (Å²) in [6.45, 7) is 0. The molecule has 0 bridgehead atoms. The summed E-state index contributed by atoms with van der Waals surface area (Å²) in [5.74, 6) is -12.8. The normalized spacial score (nSPS) is 11.0. The van der Waals surface area contributed by atoms with Crippen LogP contribution in [-0.2, 0) is 10.0 Å². The topological polar surface area (TPSA) is 75.6 Å². The summed E-state index contributed by atoms with van der Waals surface area (Å²) in [5.41, 5.74) is -0.391. The van der Waals surface area contributed by atoms with E-state index in [1.165, 1.54) is 7.11 Å². The summed E-state index contributed by atoms with van der Waals surface area (Å²) in [7, 11) is -3.96. The summed E-state index contributed by atoms with van der Waals surface area (Å²) >= 11 is 0. The molecule has 2 N–H and O–H groups in total. The molecule has 130 valence electrons. The van der Waals surface area contributed by atoms with Gasteiger partial charge in [0.15, 0.2) is 39.7 Å². The maximum absolute atomic E-state index is 13.6. The summed E-state index contributed by atoms with van der Waals surface area (Å²) < 4.78 is 96.6. The molecule has 0 saturated heterocycles. The molecule has 2 aromatic rings. The molecule has 0 radical (unpaired) electrons. The zero-order chi connectivity index (χ0) is 18.2. The number of sulfonamides is 1. The second-order valence-corrected chi connectivity index (χ2v) is 6.01. The van der Waals surface area contributed by atoms with Crippen LogP contribution in [0.3, 0.4) is 0 Å². The summed E-state index contributed by atoms with van der Waals surface area (Å²) in [4.78, 5) is -2.03. The van der Waals surface area contributed by atoms with E-state index in [2.05, 4.69) is 0 Å². The minimum absolute atomic E-state index is 0. The predicted molar refractivity (Wildman–Crippen MR) is 71.7 cm³/mol. The van der Waals surface area contributed by atoms with Crippen LogP contribution in [0, 0.1) is 29.1 Å². The standard InChI is InChI=1S/C13H8F5NO4S.K/c1-23-7-3-2-5(4-6(7)20)19-24(21,22)13-11(17)9(15)8(14)10(16)12(13)18;/h2-4,19-20H,1H3;/q;+1. The van der Waals surface area contributed by atoms with Gasteiger partial charge < -0.3 is 9.84 Å². The number of hydrogen-bond acceptors (Lipinski definition) is 4. The summed E-state index contributed by atoms with van der Waals surface area (Å²) in [6, 6.07) is 2.98. The Morgan fingerprint density at radius 2 is 1.44 bits per heavy atom. The van der Waals surface area contributed by atoms with Gasteiger partial charge in [0.05, 0.1) is 12.8 Å². The molecule has 2 aromatic carbocycles. The van der Waals surface area contributed by atoms with E-state index in [-0.39, 0.29) is 57.1 Å². The number of benzene rings is 2. The van der Waals surface area contributed by atoms with Crippen molar-refractivity contribution in [2.75, 3.05) is 11.8 Å². The Morgan fingerprint density at radius 1 is 0.960 bits per heavy atom. The van der Waals surface area contributed by atoms with Gasteiger partial charge in [-0.2, -0.15) is 0 Å². The van der Waals surface area contributed by atoms with Crippen LogP contribution in [0.1, 0.15) is 0 Å². The molecule has 5 nitrogen and oxygen atoms in total. The molecule has 12 heteroatoms. The van der Waals surface area contributed by atoms with Crippen molar-refractivity contribution in [1.82, 2.24) is 0 Å². The maximum Gasteiger partial charge on any atom is 1.00 e. The number of phenols is 1. The van der Waals surface area contributed by atoms with Gasteiger partial charge in [-0.05, 0) is 12.1 Å². The Labute approximate surface area is 181 Å². The average molecular weight is 408 g/mol. The van der Waals surface area contributed by atoms with E-state index in [9.17, 15) is 35.5 Å². The van der Waals surface area contributed by atoms with E-state index in [1.807, 2.05) is 0 Å². The second kappa shape index (κ2) is 8.18. The van der Waals surface area contributed by atoms with Crippen molar-refractivity contribution in [2.24, 2.45) is 0 Å². The van der Waals surface area contributed by atoms with Crippen LogP contribution in [-0.4, -0.2) is 20.6 Å². The zero-order valence-corrected chi connectivity index (χ0v) is 16.6. The SMILES string of the molecule is COc1ccc(NS(=O)(=O)c2c(F)c(F)c(F)c(F)c2F)cc1O.[K+]. The molecule has 0 amide bonds. The van der Waals surface area contributed by atoms with E-state index < -0.39 is 55.4 Å². The Morgan fingerprint density at radius 3 is 1.88 bits per heavy atom. The van der Waals surface area contributed by atoms with Crippen molar-refractivity contribution in [2.45, 2.75) is 4.90 Å². The first-order valence-electron chi connectivity index (χ1n) is 6.01. The minimum Gasteiger partial charge on any atom is -0.504 e. The number of ether oxygens (including phenoxy) is 1. The molecule has 0 aromatic heterocycles. The van der Waals surface area contributed by atoms with Crippen LogP contribution in [0.25, 0.3) is 0 Å². The largest absolute Gasteiger partial charge is 1.00 e. The molecular weight excluding hydrogens is 400 g/mol. The fraction of sp³-hybridized carbons (Fsp3) is 0.0769. The van der Waals surface area contributed by atoms with Gasteiger partial charge in [0, 0.05) is 6.07 Å². The minimum atomic E-state index is -5.17. The van der Waals surface area contributed by atoms with Crippen LogP contribution in [0.2, 0.25) is 0 Å². The van der Waals surface area contributed by atoms with Gasteiger partial charge in [-0.15, -0.1) is 0 Å². The molecule has 0 fully saturated rings. The number of methoxy groups -OCH3 is 1. The maximum atomic E-state index is 13.6. The van der Waals surface area contributed by atoms with Crippen LogP contribution in [0.4, 0.5) is 27.6 Å². The molecule has 2 rings (SSSR count). The monoisotopic (exact) mass is 408 g/mol. The van der Waals surface area contributed by atoms with Crippen molar-refractivity contribution in [3.63, 3.8) is 0 Å². The van der Waals surface area contributed by atoms with Crippen molar-refractivity contribution >= 4 is 15.7 Å². The molecule has 0 saturated carbocycles. The quantitative estimate of drug-likeness (QED) is 0.321. The first-order valence-corrected chi connectivity index (χ1v) is 7.49. The third kappa shape index (κ3) is 4.26. The van der Waals surface area contributed by atoms with Gasteiger partial charge in [0.25, 0.3) is 10.0 Å². The number of aromatic hydroxyl groups is 1. The van der Waals surface area contributed by atoms with Crippen LogP contribution in [0.15, 0.2) is 23.1 Å². The fourth-order valence-corrected chi connectivity index (χ4v) is 2.97. The number of halogens is 5. The van der Waals surface area contributed by atoms with Gasteiger partial charge in [-0.25, -0.2) is 30.4 Å². The van der Waals surface area contributed by atoms with E-state index in [0.717, 1.165) is 18.2 Å². The van der Waals surface area contributed by atoms with Gasteiger partial charge >= 0.3 is 51.4 Å². The summed E-state index contributed by atoms with van der Waals surface area (Å²) in [5, 5.41) is 9.51. The summed E-state index contributed by atoms with van der Waals surface area (Å²) in [6.07, 6.45) is 0. The second-order valence-electron chi connectivity index (χ2n) is 4.39. The molecule has 0 unspecified atom stereocenters.